The molecule has 1 N–H and O–H groups in total. The number of imidazole rings is 1. The van der Waals surface area contributed by atoms with Gasteiger partial charge in [-0.2, -0.15) is 4.98 Å². The summed E-state index contributed by atoms with van der Waals surface area (Å²) in [6, 6.07) is 5.71. The number of fused-ring (bicyclic) bond motifs is 1. The fraction of sp³-hybridized carbons (Fsp3) is 0.250. The van der Waals surface area contributed by atoms with Gasteiger partial charge >= 0.3 is 5.69 Å². The fourth-order valence-electron chi connectivity index (χ4n) is 2.81. The van der Waals surface area contributed by atoms with Crippen LogP contribution in [0, 0.1) is 5.92 Å². The zero-order chi connectivity index (χ0) is 16.1. The highest BCUT2D eigenvalue weighted by atomic mass is 32.1. The van der Waals surface area contributed by atoms with E-state index in [4.69, 9.17) is 4.52 Å². The molecule has 0 radical (unpaired) electrons. The molecule has 5 rings (SSSR count). The molecule has 1 aliphatic rings. The molecule has 3 heterocycles. The monoisotopic (exact) mass is 339 g/mol. The van der Waals surface area contributed by atoms with Crippen LogP contribution in [0.15, 0.2) is 39.1 Å². The molecule has 1 aromatic carbocycles. The van der Waals surface area contributed by atoms with Crippen LogP contribution in [-0.4, -0.2) is 24.1 Å². The minimum absolute atomic E-state index is 0.0652. The molecular formula is C16H13N5O2S. The number of aromatic amines is 1. The van der Waals surface area contributed by atoms with Crippen molar-refractivity contribution in [2.75, 3.05) is 0 Å². The van der Waals surface area contributed by atoms with Gasteiger partial charge in [-0.3, -0.25) is 4.57 Å². The van der Waals surface area contributed by atoms with Gasteiger partial charge in [0.05, 0.1) is 22.8 Å². The molecule has 0 bridgehead atoms. The van der Waals surface area contributed by atoms with E-state index in [-0.39, 0.29) is 5.69 Å². The maximum absolute atomic E-state index is 12.2. The Morgan fingerprint density at radius 1 is 1.33 bits per heavy atom. The zero-order valence-corrected chi connectivity index (χ0v) is 13.4. The molecule has 0 amide bonds. The van der Waals surface area contributed by atoms with Gasteiger partial charge in [0, 0.05) is 17.5 Å². The standard InChI is InChI=1S/C16H13N5O2S/c22-16-18-12-5-10(3-4-13(12)21(16)7-9-1-2-9)15-19-14(20-23-15)11-6-17-24-8-11/h3-6,8-9H,1-2,7H2,(H,18,22). The third-order valence-corrected chi connectivity index (χ3v) is 4.86. The lowest BCUT2D eigenvalue weighted by Gasteiger charge is -2.01. The number of benzene rings is 1. The van der Waals surface area contributed by atoms with Crippen molar-refractivity contribution < 1.29 is 4.52 Å². The van der Waals surface area contributed by atoms with E-state index in [0.29, 0.717) is 17.6 Å². The molecule has 0 unspecified atom stereocenters. The van der Waals surface area contributed by atoms with Gasteiger partial charge in [0.15, 0.2) is 0 Å². The van der Waals surface area contributed by atoms with Crippen LogP contribution in [0.2, 0.25) is 0 Å². The summed E-state index contributed by atoms with van der Waals surface area (Å²) in [5, 5.41) is 5.86. The van der Waals surface area contributed by atoms with Crippen LogP contribution in [0.1, 0.15) is 12.8 Å². The topological polar surface area (TPSA) is 89.6 Å². The second-order valence-corrected chi connectivity index (χ2v) is 6.71. The highest BCUT2D eigenvalue weighted by Gasteiger charge is 2.23. The van der Waals surface area contributed by atoms with Gasteiger partial charge in [0.2, 0.25) is 5.82 Å². The highest BCUT2D eigenvalue weighted by molar-refractivity contribution is 7.03. The SMILES string of the molecule is O=c1[nH]c2cc(-c3nc(-c4cnsc4)no3)ccc2n1CC1CC1. The van der Waals surface area contributed by atoms with E-state index in [1.807, 2.05) is 28.1 Å². The third-order valence-electron chi connectivity index (χ3n) is 4.28. The van der Waals surface area contributed by atoms with E-state index in [2.05, 4.69) is 19.5 Å². The van der Waals surface area contributed by atoms with E-state index in [9.17, 15) is 4.79 Å². The average molecular weight is 339 g/mol. The number of hydrogen-bond acceptors (Lipinski definition) is 6. The lowest BCUT2D eigenvalue weighted by atomic mass is 10.2. The summed E-state index contributed by atoms with van der Waals surface area (Å²) in [5.74, 6) is 1.58. The molecule has 7 nitrogen and oxygen atoms in total. The Morgan fingerprint density at radius 3 is 3.04 bits per heavy atom. The van der Waals surface area contributed by atoms with Crippen LogP contribution in [0.5, 0.6) is 0 Å². The molecule has 0 saturated heterocycles. The zero-order valence-electron chi connectivity index (χ0n) is 12.6. The minimum atomic E-state index is -0.0652. The van der Waals surface area contributed by atoms with E-state index < -0.39 is 0 Å². The first-order chi connectivity index (χ1) is 11.8. The van der Waals surface area contributed by atoms with Crippen LogP contribution < -0.4 is 5.69 Å². The summed E-state index contributed by atoms with van der Waals surface area (Å²) in [6.45, 7) is 0.786. The van der Waals surface area contributed by atoms with Gasteiger partial charge < -0.3 is 9.51 Å². The Balaban J connectivity index is 1.54. The lowest BCUT2D eigenvalue weighted by Crippen LogP contribution is -2.17. The highest BCUT2D eigenvalue weighted by Crippen LogP contribution is 2.31. The smallest absolute Gasteiger partial charge is 0.326 e. The summed E-state index contributed by atoms with van der Waals surface area (Å²) in [7, 11) is 0. The van der Waals surface area contributed by atoms with Crippen molar-refractivity contribution >= 4 is 22.6 Å². The van der Waals surface area contributed by atoms with E-state index >= 15 is 0 Å². The van der Waals surface area contributed by atoms with Crippen LogP contribution in [0.4, 0.5) is 0 Å². The molecule has 0 spiro atoms. The molecule has 0 atom stereocenters. The Labute approximate surface area is 140 Å². The number of hydrogen-bond donors (Lipinski definition) is 1. The van der Waals surface area contributed by atoms with Gasteiger partial charge in [0.25, 0.3) is 5.89 Å². The van der Waals surface area contributed by atoms with Gasteiger partial charge in [-0.05, 0) is 48.5 Å². The molecule has 1 saturated carbocycles. The Hall–Kier alpha value is -2.74. The van der Waals surface area contributed by atoms with E-state index in [0.717, 1.165) is 28.7 Å². The number of aromatic nitrogens is 5. The molecule has 24 heavy (non-hydrogen) atoms. The molecule has 0 aliphatic heterocycles. The molecule has 4 aromatic rings. The number of nitrogens with zero attached hydrogens (tertiary/aromatic N) is 4. The van der Waals surface area contributed by atoms with Crippen molar-refractivity contribution in [3.8, 4) is 22.8 Å². The number of H-pyrrole nitrogens is 1. The molecule has 1 aliphatic carbocycles. The summed E-state index contributed by atoms with van der Waals surface area (Å²) in [5.41, 5.74) is 3.25. The number of rotatable bonds is 4. The van der Waals surface area contributed by atoms with Gasteiger partial charge in [-0.15, -0.1) is 0 Å². The van der Waals surface area contributed by atoms with Crippen LogP contribution >= 0.6 is 11.5 Å². The largest absolute Gasteiger partial charge is 0.334 e. The minimum Gasteiger partial charge on any atom is -0.334 e. The predicted molar refractivity (Wildman–Crippen MR) is 89.7 cm³/mol. The van der Waals surface area contributed by atoms with Crippen molar-refractivity contribution in [3.05, 3.63) is 40.3 Å². The fourth-order valence-corrected chi connectivity index (χ4v) is 3.32. The van der Waals surface area contributed by atoms with Crippen LogP contribution in [0.3, 0.4) is 0 Å². The van der Waals surface area contributed by atoms with Crippen molar-refractivity contribution in [1.29, 1.82) is 0 Å². The van der Waals surface area contributed by atoms with Gasteiger partial charge in [-0.1, -0.05) is 5.16 Å². The first-order valence-corrected chi connectivity index (χ1v) is 8.58. The second kappa shape index (κ2) is 5.13. The maximum atomic E-state index is 12.2. The van der Waals surface area contributed by atoms with Crippen molar-refractivity contribution in [2.45, 2.75) is 19.4 Å². The van der Waals surface area contributed by atoms with Crippen molar-refractivity contribution in [3.63, 3.8) is 0 Å². The number of nitrogens with one attached hydrogen (secondary N) is 1. The van der Waals surface area contributed by atoms with Crippen LogP contribution in [-0.2, 0) is 6.54 Å². The summed E-state index contributed by atoms with van der Waals surface area (Å²) >= 11 is 1.34. The lowest BCUT2D eigenvalue weighted by molar-refractivity contribution is 0.432. The summed E-state index contributed by atoms with van der Waals surface area (Å²) in [6.07, 6.45) is 4.12. The molecule has 1 fully saturated rings. The Bertz CT molecular complexity index is 1070. The van der Waals surface area contributed by atoms with Crippen molar-refractivity contribution in [1.82, 2.24) is 24.1 Å². The first kappa shape index (κ1) is 13.7. The molecule has 120 valence electrons. The van der Waals surface area contributed by atoms with Gasteiger partial charge in [0.1, 0.15) is 0 Å². The third kappa shape index (κ3) is 2.26. The van der Waals surface area contributed by atoms with E-state index in [1.165, 1.54) is 24.4 Å². The molecular weight excluding hydrogens is 326 g/mol. The van der Waals surface area contributed by atoms with Crippen molar-refractivity contribution in [2.24, 2.45) is 5.92 Å². The summed E-state index contributed by atoms with van der Waals surface area (Å²) < 4.78 is 11.2. The summed E-state index contributed by atoms with van der Waals surface area (Å²) in [4.78, 5) is 19.5. The molecule has 8 heteroatoms. The average Bonchev–Trinajstić information content (AvgIpc) is 3.01. The maximum Gasteiger partial charge on any atom is 0.326 e. The quantitative estimate of drug-likeness (QED) is 0.617. The second-order valence-electron chi connectivity index (χ2n) is 6.05. The van der Waals surface area contributed by atoms with Gasteiger partial charge in [-0.25, -0.2) is 9.17 Å². The predicted octanol–water partition coefficient (Wildman–Crippen LogP) is 2.91. The Morgan fingerprint density at radius 2 is 2.25 bits per heavy atom. The first-order valence-electron chi connectivity index (χ1n) is 7.74. The molecule has 3 aromatic heterocycles. The van der Waals surface area contributed by atoms with E-state index in [1.54, 1.807) is 6.20 Å². The van der Waals surface area contributed by atoms with Crippen LogP contribution in [0.25, 0.3) is 33.9 Å². The Kier molecular flexibility index (Phi) is 2.93. The normalized spacial score (nSPS) is 14.5.